The highest BCUT2D eigenvalue weighted by atomic mass is 79.9. The number of carbonyl (C=O) groups is 1. The molecule has 13 heavy (non-hydrogen) atoms. The Hall–Kier alpha value is -0.600. The molecule has 0 fully saturated rings. The second-order valence-electron chi connectivity index (χ2n) is 2.59. The molecule has 68 valence electrons. The molecule has 0 unspecified atom stereocenters. The molecule has 1 aromatic carbocycles. The number of ketones is 1. The molecule has 1 nitrogen and oxygen atoms in total. The lowest BCUT2D eigenvalue weighted by atomic mass is 10.2. The molecule has 0 N–H and O–H groups in total. The standard InChI is InChI=1S/C10H8BrClO/c1-7(13)5-6-8-3-2-4-9(12)10(8)11/h2-6H,1H3/b6-5+. The summed E-state index contributed by atoms with van der Waals surface area (Å²) in [5.41, 5.74) is 0.905. The Morgan fingerprint density at radius 3 is 2.85 bits per heavy atom. The van der Waals surface area contributed by atoms with E-state index in [1.807, 2.05) is 12.1 Å². The summed E-state index contributed by atoms with van der Waals surface area (Å²) in [6.45, 7) is 1.51. The minimum absolute atomic E-state index is 0.0203. The van der Waals surface area contributed by atoms with E-state index in [9.17, 15) is 4.79 Å². The predicted octanol–water partition coefficient (Wildman–Crippen LogP) is 3.70. The summed E-state index contributed by atoms with van der Waals surface area (Å²) in [5, 5.41) is 0.644. The van der Waals surface area contributed by atoms with Crippen molar-refractivity contribution >= 4 is 39.4 Å². The van der Waals surface area contributed by atoms with Crippen LogP contribution in [0, 0.1) is 0 Å². The van der Waals surface area contributed by atoms with Crippen LogP contribution in [-0.4, -0.2) is 5.78 Å². The van der Waals surface area contributed by atoms with Crippen LogP contribution in [-0.2, 0) is 4.79 Å². The van der Waals surface area contributed by atoms with Gasteiger partial charge in [0.2, 0.25) is 0 Å². The molecule has 0 heterocycles. The van der Waals surface area contributed by atoms with Crippen LogP contribution in [0.4, 0.5) is 0 Å². The minimum atomic E-state index is 0.0203. The molecule has 0 atom stereocenters. The molecule has 0 saturated heterocycles. The summed E-state index contributed by atoms with van der Waals surface area (Å²) in [6, 6.07) is 5.51. The van der Waals surface area contributed by atoms with Crippen LogP contribution in [0.15, 0.2) is 28.7 Å². The van der Waals surface area contributed by atoms with Crippen molar-refractivity contribution in [3.05, 3.63) is 39.3 Å². The van der Waals surface area contributed by atoms with Crippen molar-refractivity contribution < 1.29 is 4.79 Å². The Bertz CT molecular complexity index is 358. The summed E-state index contributed by atoms with van der Waals surface area (Å²) in [7, 11) is 0. The highest BCUT2D eigenvalue weighted by molar-refractivity contribution is 9.10. The first-order chi connectivity index (χ1) is 6.11. The van der Waals surface area contributed by atoms with Crippen LogP contribution in [0.25, 0.3) is 6.08 Å². The average Bonchev–Trinajstić information content (AvgIpc) is 2.07. The molecule has 0 aliphatic carbocycles. The quantitative estimate of drug-likeness (QED) is 0.740. The van der Waals surface area contributed by atoms with Gasteiger partial charge in [0.25, 0.3) is 0 Å². The number of halogens is 2. The van der Waals surface area contributed by atoms with Crippen molar-refractivity contribution in [2.75, 3.05) is 0 Å². The number of hydrogen-bond donors (Lipinski definition) is 0. The Kier molecular flexibility index (Phi) is 3.70. The van der Waals surface area contributed by atoms with Gasteiger partial charge in [0.05, 0.1) is 5.02 Å². The van der Waals surface area contributed by atoms with Gasteiger partial charge in [0.15, 0.2) is 5.78 Å². The third-order valence-electron chi connectivity index (χ3n) is 1.48. The molecule has 0 saturated carbocycles. The van der Waals surface area contributed by atoms with E-state index < -0.39 is 0 Å². The predicted molar refractivity (Wildman–Crippen MR) is 58.9 cm³/mol. The van der Waals surface area contributed by atoms with Crippen LogP contribution in [0.1, 0.15) is 12.5 Å². The Morgan fingerprint density at radius 2 is 2.23 bits per heavy atom. The van der Waals surface area contributed by atoms with Crippen LogP contribution < -0.4 is 0 Å². The Labute approximate surface area is 90.5 Å². The monoisotopic (exact) mass is 258 g/mol. The summed E-state index contributed by atoms with van der Waals surface area (Å²) in [5.74, 6) is 0.0203. The van der Waals surface area contributed by atoms with Crippen molar-refractivity contribution in [3.8, 4) is 0 Å². The van der Waals surface area contributed by atoms with E-state index >= 15 is 0 Å². The first-order valence-corrected chi connectivity index (χ1v) is 4.91. The first-order valence-electron chi connectivity index (χ1n) is 3.74. The normalized spacial score (nSPS) is 10.7. The lowest BCUT2D eigenvalue weighted by Gasteiger charge is -1.99. The highest BCUT2D eigenvalue weighted by Gasteiger charge is 1.99. The number of hydrogen-bond acceptors (Lipinski definition) is 1. The van der Waals surface area contributed by atoms with Gasteiger partial charge in [-0.1, -0.05) is 29.8 Å². The second kappa shape index (κ2) is 4.58. The number of benzene rings is 1. The van der Waals surface area contributed by atoms with E-state index in [1.165, 1.54) is 13.0 Å². The lowest BCUT2D eigenvalue weighted by Crippen LogP contribution is -1.81. The zero-order chi connectivity index (χ0) is 9.84. The van der Waals surface area contributed by atoms with E-state index in [-0.39, 0.29) is 5.78 Å². The van der Waals surface area contributed by atoms with Crippen molar-refractivity contribution in [1.29, 1.82) is 0 Å². The molecule has 1 rings (SSSR count). The molecule has 0 spiro atoms. The zero-order valence-corrected chi connectivity index (χ0v) is 9.39. The summed E-state index contributed by atoms with van der Waals surface area (Å²) in [4.78, 5) is 10.7. The molecule has 0 radical (unpaired) electrons. The van der Waals surface area contributed by atoms with Crippen molar-refractivity contribution in [2.45, 2.75) is 6.92 Å². The van der Waals surface area contributed by atoms with Crippen LogP contribution in [0.3, 0.4) is 0 Å². The van der Waals surface area contributed by atoms with Crippen LogP contribution in [0.5, 0.6) is 0 Å². The van der Waals surface area contributed by atoms with E-state index in [4.69, 9.17) is 11.6 Å². The fraction of sp³-hybridized carbons (Fsp3) is 0.100. The number of carbonyl (C=O) groups excluding carboxylic acids is 1. The Balaban J connectivity index is 3.02. The van der Waals surface area contributed by atoms with Crippen molar-refractivity contribution in [2.24, 2.45) is 0 Å². The van der Waals surface area contributed by atoms with E-state index in [1.54, 1.807) is 12.1 Å². The van der Waals surface area contributed by atoms with E-state index in [2.05, 4.69) is 15.9 Å². The van der Waals surface area contributed by atoms with Crippen LogP contribution >= 0.6 is 27.5 Å². The van der Waals surface area contributed by atoms with Gasteiger partial charge >= 0.3 is 0 Å². The Morgan fingerprint density at radius 1 is 1.54 bits per heavy atom. The maximum absolute atomic E-state index is 10.7. The molecule has 0 bridgehead atoms. The van der Waals surface area contributed by atoms with Gasteiger partial charge < -0.3 is 0 Å². The van der Waals surface area contributed by atoms with Gasteiger partial charge in [-0.15, -0.1) is 0 Å². The average molecular weight is 260 g/mol. The lowest BCUT2D eigenvalue weighted by molar-refractivity contribution is -0.112. The van der Waals surface area contributed by atoms with Crippen molar-refractivity contribution in [3.63, 3.8) is 0 Å². The highest BCUT2D eigenvalue weighted by Crippen LogP contribution is 2.26. The SMILES string of the molecule is CC(=O)/C=C/c1cccc(Cl)c1Br. The van der Waals surface area contributed by atoms with Gasteiger partial charge in [-0.25, -0.2) is 0 Å². The molecule has 1 aromatic rings. The molecular weight excluding hydrogens is 251 g/mol. The number of allylic oxidation sites excluding steroid dienone is 1. The maximum atomic E-state index is 10.7. The fourth-order valence-electron chi connectivity index (χ4n) is 0.856. The second-order valence-corrected chi connectivity index (χ2v) is 3.79. The number of rotatable bonds is 2. The molecule has 0 aliphatic rings. The molecular formula is C10H8BrClO. The maximum Gasteiger partial charge on any atom is 0.152 e. The third-order valence-corrected chi connectivity index (χ3v) is 2.91. The first kappa shape index (κ1) is 10.5. The molecule has 0 amide bonds. The molecule has 0 aromatic heterocycles. The minimum Gasteiger partial charge on any atom is -0.295 e. The van der Waals surface area contributed by atoms with Gasteiger partial charge in [-0.05, 0) is 40.6 Å². The summed E-state index contributed by atoms with van der Waals surface area (Å²) < 4.78 is 0.814. The van der Waals surface area contributed by atoms with Gasteiger partial charge in [0, 0.05) is 4.47 Å². The summed E-state index contributed by atoms with van der Waals surface area (Å²) >= 11 is 9.20. The van der Waals surface area contributed by atoms with E-state index in [0.29, 0.717) is 5.02 Å². The van der Waals surface area contributed by atoms with Gasteiger partial charge in [0.1, 0.15) is 0 Å². The third kappa shape index (κ3) is 2.98. The summed E-state index contributed by atoms with van der Waals surface area (Å²) in [6.07, 6.45) is 3.24. The topological polar surface area (TPSA) is 17.1 Å². The molecule has 0 aliphatic heterocycles. The van der Waals surface area contributed by atoms with Gasteiger partial charge in [-0.2, -0.15) is 0 Å². The fourth-order valence-corrected chi connectivity index (χ4v) is 1.43. The van der Waals surface area contributed by atoms with E-state index in [0.717, 1.165) is 10.0 Å². The molecule has 3 heteroatoms. The van der Waals surface area contributed by atoms with Crippen LogP contribution in [0.2, 0.25) is 5.02 Å². The smallest absolute Gasteiger partial charge is 0.152 e. The van der Waals surface area contributed by atoms with Crippen molar-refractivity contribution in [1.82, 2.24) is 0 Å². The van der Waals surface area contributed by atoms with Gasteiger partial charge in [-0.3, -0.25) is 4.79 Å². The zero-order valence-electron chi connectivity index (χ0n) is 7.05. The largest absolute Gasteiger partial charge is 0.295 e.